The molecule has 0 atom stereocenters. The van der Waals surface area contributed by atoms with Crippen LogP contribution in [0.25, 0.3) is 0 Å². The first-order valence-corrected chi connectivity index (χ1v) is 7.01. The van der Waals surface area contributed by atoms with Crippen LogP contribution >= 0.6 is 15.9 Å². The number of pyridine rings is 1. The Morgan fingerprint density at radius 1 is 1.26 bits per heavy atom. The molecule has 0 unspecified atom stereocenters. The molecule has 0 aliphatic carbocycles. The largest absolute Gasteiger partial charge is 0.455 e. The lowest BCUT2D eigenvalue weighted by Gasteiger charge is -2.15. The highest BCUT2D eigenvalue weighted by atomic mass is 79.9. The van der Waals surface area contributed by atoms with E-state index < -0.39 is 0 Å². The number of hydrogen-bond acceptors (Lipinski definition) is 3. The van der Waals surface area contributed by atoms with E-state index in [0.29, 0.717) is 18.2 Å². The first-order chi connectivity index (χ1) is 9.11. The molecule has 2 rings (SSSR count). The van der Waals surface area contributed by atoms with Gasteiger partial charge in [0, 0.05) is 22.8 Å². The van der Waals surface area contributed by atoms with Gasteiger partial charge < -0.3 is 10.5 Å². The number of ether oxygens (including phenoxy) is 1. The van der Waals surface area contributed by atoms with Crippen molar-refractivity contribution in [2.75, 3.05) is 0 Å². The average molecular weight is 321 g/mol. The first kappa shape index (κ1) is 14.0. The van der Waals surface area contributed by atoms with Gasteiger partial charge in [-0.1, -0.05) is 29.8 Å². The predicted molar refractivity (Wildman–Crippen MR) is 80.4 cm³/mol. The molecule has 0 bridgehead atoms. The minimum Gasteiger partial charge on any atom is -0.455 e. The zero-order valence-electron chi connectivity index (χ0n) is 11.1. The summed E-state index contributed by atoms with van der Waals surface area (Å²) in [5.74, 6) is 1.95. The van der Waals surface area contributed by atoms with E-state index in [4.69, 9.17) is 10.5 Å². The predicted octanol–water partition coefficient (Wildman–Crippen LogP) is 4.22. The van der Waals surface area contributed by atoms with E-state index in [0.717, 1.165) is 21.3 Å². The van der Waals surface area contributed by atoms with Crippen LogP contribution < -0.4 is 10.5 Å². The van der Waals surface area contributed by atoms with Gasteiger partial charge in [-0.25, -0.2) is 0 Å². The Hall–Kier alpha value is -1.39. The number of hydrogen-bond donors (Lipinski definition) is 1. The molecule has 0 spiro atoms. The summed E-state index contributed by atoms with van der Waals surface area (Å²) in [6.07, 6.45) is 3.42. The number of nitrogens with zero attached hydrogens (tertiary/aromatic N) is 1. The van der Waals surface area contributed by atoms with E-state index in [2.05, 4.69) is 40.8 Å². The van der Waals surface area contributed by atoms with Gasteiger partial charge in [0.05, 0.1) is 6.20 Å². The monoisotopic (exact) mass is 320 g/mol. The minimum absolute atomic E-state index is 0.380. The summed E-state index contributed by atoms with van der Waals surface area (Å²) in [4.78, 5) is 4.09. The Balaban J connectivity index is 2.38. The van der Waals surface area contributed by atoms with Gasteiger partial charge in [0.25, 0.3) is 0 Å². The van der Waals surface area contributed by atoms with Crippen LogP contribution in [-0.4, -0.2) is 4.98 Å². The Kier molecular flexibility index (Phi) is 4.56. The normalized spacial score (nSPS) is 10.8. The van der Waals surface area contributed by atoms with Crippen molar-refractivity contribution in [1.29, 1.82) is 0 Å². The van der Waals surface area contributed by atoms with Gasteiger partial charge in [0.2, 0.25) is 0 Å². The molecular formula is C15H17BrN2O. The standard InChI is InChI=1S/C15H17BrN2O/c1-10(2)13-7-12(16)3-4-14(13)19-15-9-18-6-5-11(15)8-17/h3-7,9-10H,8,17H2,1-2H3. The Morgan fingerprint density at radius 2 is 2.05 bits per heavy atom. The van der Waals surface area contributed by atoms with Crippen molar-refractivity contribution < 1.29 is 4.74 Å². The number of halogens is 1. The van der Waals surface area contributed by atoms with E-state index in [-0.39, 0.29) is 0 Å². The number of benzene rings is 1. The van der Waals surface area contributed by atoms with E-state index in [1.807, 2.05) is 18.2 Å². The fourth-order valence-electron chi connectivity index (χ4n) is 1.85. The third-order valence-electron chi connectivity index (χ3n) is 2.90. The summed E-state index contributed by atoms with van der Waals surface area (Å²) in [7, 11) is 0. The molecule has 0 radical (unpaired) electrons. The van der Waals surface area contributed by atoms with Crippen molar-refractivity contribution in [2.24, 2.45) is 5.73 Å². The summed E-state index contributed by atoms with van der Waals surface area (Å²) in [6, 6.07) is 7.90. The maximum atomic E-state index is 5.98. The highest BCUT2D eigenvalue weighted by Gasteiger charge is 2.11. The second kappa shape index (κ2) is 6.17. The molecule has 3 nitrogen and oxygen atoms in total. The molecule has 0 aliphatic rings. The fourth-order valence-corrected chi connectivity index (χ4v) is 2.23. The number of nitrogens with two attached hydrogens (primary N) is 1. The zero-order valence-corrected chi connectivity index (χ0v) is 12.6. The number of aromatic nitrogens is 1. The first-order valence-electron chi connectivity index (χ1n) is 6.22. The lowest BCUT2D eigenvalue weighted by Crippen LogP contribution is -2.01. The SMILES string of the molecule is CC(C)c1cc(Br)ccc1Oc1cnccc1CN. The van der Waals surface area contributed by atoms with Gasteiger partial charge in [-0.05, 0) is 35.7 Å². The van der Waals surface area contributed by atoms with Crippen LogP contribution in [0, 0.1) is 0 Å². The van der Waals surface area contributed by atoms with Crippen LogP contribution in [0.4, 0.5) is 0 Å². The molecule has 1 aromatic heterocycles. The summed E-state index contributed by atoms with van der Waals surface area (Å²) in [5, 5.41) is 0. The van der Waals surface area contributed by atoms with Crippen molar-refractivity contribution in [1.82, 2.24) is 4.98 Å². The van der Waals surface area contributed by atoms with Crippen LogP contribution in [0.15, 0.2) is 41.1 Å². The maximum Gasteiger partial charge on any atom is 0.150 e. The summed E-state index contributed by atoms with van der Waals surface area (Å²) < 4.78 is 7.03. The highest BCUT2D eigenvalue weighted by molar-refractivity contribution is 9.10. The lowest BCUT2D eigenvalue weighted by molar-refractivity contribution is 0.465. The van der Waals surface area contributed by atoms with Gasteiger partial charge in [-0.15, -0.1) is 0 Å². The molecule has 0 amide bonds. The second-order valence-electron chi connectivity index (χ2n) is 4.63. The van der Waals surface area contributed by atoms with E-state index in [9.17, 15) is 0 Å². The van der Waals surface area contributed by atoms with Crippen LogP contribution in [0.3, 0.4) is 0 Å². The molecule has 0 saturated carbocycles. The summed E-state index contributed by atoms with van der Waals surface area (Å²) in [6.45, 7) is 4.72. The minimum atomic E-state index is 0.380. The van der Waals surface area contributed by atoms with Crippen molar-refractivity contribution in [2.45, 2.75) is 26.3 Å². The van der Waals surface area contributed by atoms with Crippen molar-refractivity contribution >= 4 is 15.9 Å². The molecule has 4 heteroatoms. The summed E-state index contributed by atoms with van der Waals surface area (Å²) in [5.41, 5.74) is 7.82. The van der Waals surface area contributed by atoms with Gasteiger partial charge >= 0.3 is 0 Å². The van der Waals surface area contributed by atoms with Gasteiger partial charge in [-0.2, -0.15) is 0 Å². The lowest BCUT2D eigenvalue weighted by atomic mass is 10.0. The summed E-state index contributed by atoms with van der Waals surface area (Å²) >= 11 is 3.49. The molecule has 19 heavy (non-hydrogen) atoms. The quantitative estimate of drug-likeness (QED) is 0.917. The maximum absolute atomic E-state index is 5.98. The molecule has 0 saturated heterocycles. The Bertz CT molecular complexity index is 570. The van der Waals surface area contributed by atoms with Crippen LogP contribution in [-0.2, 0) is 6.54 Å². The molecule has 0 aliphatic heterocycles. The molecule has 1 aromatic carbocycles. The molecule has 1 heterocycles. The van der Waals surface area contributed by atoms with E-state index >= 15 is 0 Å². The Labute approximate surface area is 121 Å². The topological polar surface area (TPSA) is 48.1 Å². The fraction of sp³-hybridized carbons (Fsp3) is 0.267. The molecule has 2 N–H and O–H groups in total. The molecule has 100 valence electrons. The second-order valence-corrected chi connectivity index (χ2v) is 5.54. The zero-order chi connectivity index (χ0) is 13.8. The van der Waals surface area contributed by atoms with E-state index in [1.54, 1.807) is 12.4 Å². The molecule has 0 fully saturated rings. The smallest absolute Gasteiger partial charge is 0.150 e. The number of rotatable bonds is 4. The van der Waals surface area contributed by atoms with Crippen LogP contribution in [0.2, 0.25) is 0 Å². The van der Waals surface area contributed by atoms with Crippen LogP contribution in [0.1, 0.15) is 30.9 Å². The third-order valence-corrected chi connectivity index (χ3v) is 3.40. The van der Waals surface area contributed by atoms with Crippen molar-refractivity contribution in [3.63, 3.8) is 0 Å². The highest BCUT2D eigenvalue weighted by Crippen LogP contribution is 2.33. The van der Waals surface area contributed by atoms with E-state index in [1.165, 1.54) is 0 Å². The van der Waals surface area contributed by atoms with Gasteiger partial charge in [0.15, 0.2) is 0 Å². The van der Waals surface area contributed by atoms with Crippen molar-refractivity contribution in [3.8, 4) is 11.5 Å². The third kappa shape index (κ3) is 3.33. The average Bonchev–Trinajstić information content (AvgIpc) is 2.41. The van der Waals surface area contributed by atoms with Crippen molar-refractivity contribution in [3.05, 3.63) is 52.3 Å². The Morgan fingerprint density at radius 3 is 2.74 bits per heavy atom. The van der Waals surface area contributed by atoms with Gasteiger partial charge in [-0.3, -0.25) is 4.98 Å². The molecular weight excluding hydrogens is 304 g/mol. The molecule has 2 aromatic rings. The van der Waals surface area contributed by atoms with Gasteiger partial charge in [0.1, 0.15) is 11.5 Å². The van der Waals surface area contributed by atoms with Crippen LogP contribution in [0.5, 0.6) is 11.5 Å².